The summed E-state index contributed by atoms with van der Waals surface area (Å²) < 4.78 is 13.6. The third kappa shape index (κ3) is 2.67. The fraction of sp³-hybridized carbons (Fsp3) is 0.286. The Morgan fingerprint density at radius 3 is 3.00 bits per heavy atom. The molecule has 0 aliphatic carbocycles. The van der Waals surface area contributed by atoms with E-state index in [1.807, 2.05) is 0 Å². The predicted molar refractivity (Wildman–Crippen MR) is 76.6 cm³/mol. The second kappa shape index (κ2) is 5.55. The van der Waals surface area contributed by atoms with Gasteiger partial charge in [-0.1, -0.05) is 6.07 Å². The van der Waals surface area contributed by atoms with Crippen molar-refractivity contribution in [3.8, 4) is 0 Å². The van der Waals surface area contributed by atoms with Crippen molar-refractivity contribution in [1.29, 1.82) is 0 Å². The lowest BCUT2D eigenvalue weighted by Crippen LogP contribution is -2.28. The summed E-state index contributed by atoms with van der Waals surface area (Å²) in [6, 6.07) is 4.59. The lowest BCUT2D eigenvalue weighted by Gasteiger charge is -2.17. The van der Waals surface area contributed by atoms with Crippen molar-refractivity contribution in [3.05, 3.63) is 35.9 Å². The monoisotopic (exact) mass is 303 g/mol. The highest BCUT2D eigenvalue weighted by Crippen LogP contribution is 2.27. The molecule has 22 heavy (non-hydrogen) atoms. The molecule has 8 heteroatoms. The van der Waals surface area contributed by atoms with Crippen molar-refractivity contribution in [2.24, 2.45) is 5.92 Å². The van der Waals surface area contributed by atoms with Crippen molar-refractivity contribution in [1.82, 2.24) is 15.2 Å². The normalized spacial score (nSPS) is 17.8. The first kappa shape index (κ1) is 14.2. The van der Waals surface area contributed by atoms with E-state index in [-0.39, 0.29) is 36.5 Å². The van der Waals surface area contributed by atoms with E-state index >= 15 is 0 Å². The maximum atomic E-state index is 13.6. The van der Waals surface area contributed by atoms with E-state index in [4.69, 9.17) is 0 Å². The van der Waals surface area contributed by atoms with Crippen LogP contribution in [0.4, 0.5) is 16.0 Å². The second-order valence-corrected chi connectivity index (χ2v) is 5.16. The van der Waals surface area contributed by atoms with Crippen LogP contribution < -0.4 is 10.2 Å². The van der Waals surface area contributed by atoms with Gasteiger partial charge >= 0.3 is 0 Å². The van der Waals surface area contributed by atoms with Crippen molar-refractivity contribution in [3.63, 3.8) is 0 Å². The number of aromatic amines is 1. The van der Waals surface area contributed by atoms with Gasteiger partial charge in [-0.2, -0.15) is 10.1 Å². The molecular weight excluding hydrogens is 289 g/mol. The van der Waals surface area contributed by atoms with Gasteiger partial charge in [-0.3, -0.25) is 14.9 Å². The van der Waals surface area contributed by atoms with Gasteiger partial charge in [0.25, 0.3) is 0 Å². The zero-order valence-corrected chi connectivity index (χ0v) is 11.8. The topological polar surface area (TPSA) is 91.0 Å². The second-order valence-electron chi connectivity index (χ2n) is 5.16. The van der Waals surface area contributed by atoms with Crippen molar-refractivity contribution < 1.29 is 14.0 Å². The number of amides is 2. The van der Waals surface area contributed by atoms with E-state index in [2.05, 4.69) is 20.5 Å². The molecule has 2 aromatic rings. The molecule has 1 atom stereocenters. The van der Waals surface area contributed by atoms with E-state index in [9.17, 15) is 14.0 Å². The molecule has 2 amide bonds. The average Bonchev–Trinajstić information content (AvgIpc) is 3.11. The quantitative estimate of drug-likeness (QED) is 0.892. The minimum absolute atomic E-state index is 0.0788. The summed E-state index contributed by atoms with van der Waals surface area (Å²) >= 11 is 0. The van der Waals surface area contributed by atoms with Gasteiger partial charge in [0.2, 0.25) is 17.8 Å². The number of hydrogen-bond acceptors (Lipinski definition) is 4. The number of nitrogens with zero attached hydrogens (tertiary/aromatic N) is 3. The molecule has 0 spiro atoms. The van der Waals surface area contributed by atoms with Crippen LogP contribution in [0.5, 0.6) is 0 Å². The number of rotatable bonds is 3. The van der Waals surface area contributed by atoms with Crippen LogP contribution in [0.3, 0.4) is 0 Å². The summed E-state index contributed by atoms with van der Waals surface area (Å²) in [4.78, 5) is 29.4. The fourth-order valence-electron chi connectivity index (χ4n) is 2.37. The zero-order valence-electron chi connectivity index (χ0n) is 11.8. The predicted octanol–water partition coefficient (Wildman–Crippen LogP) is 1.24. The Labute approximate surface area is 125 Å². The fourth-order valence-corrected chi connectivity index (χ4v) is 2.37. The molecule has 1 fully saturated rings. The third-order valence-corrected chi connectivity index (χ3v) is 3.62. The molecule has 1 aromatic carbocycles. The summed E-state index contributed by atoms with van der Waals surface area (Å²) in [6.07, 6.45) is 1.35. The van der Waals surface area contributed by atoms with Gasteiger partial charge in [0.1, 0.15) is 12.1 Å². The SMILES string of the molecule is Cc1ccc(N2C[C@H](C(=O)Nc3ncn[nH]3)CC2=O)cc1F. The number of aryl methyl sites for hydroxylation is 1. The molecule has 0 radical (unpaired) electrons. The summed E-state index contributed by atoms with van der Waals surface area (Å²) in [5.41, 5.74) is 0.970. The minimum atomic E-state index is -0.512. The highest BCUT2D eigenvalue weighted by atomic mass is 19.1. The van der Waals surface area contributed by atoms with Crippen LogP contribution in [0.1, 0.15) is 12.0 Å². The Kier molecular flexibility index (Phi) is 3.58. The third-order valence-electron chi connectivity index (χ3n) is 3.62. The van der Waals surface area contributed by atoms with E-state index in [1.54, 1.807) is 19.1 Å². The first-order valence-electron chi connectivity index (χ1n) is 6.77. The van der Waals surface area contributed by atoms with Crippen molar-refractivity contribution in [2.75, 3.05) is 16.8 Å². The summed E-state index contributed by atoms with van der Waals surface area (Å²) in [6.45, 7) is 1.86. The molecule has 1 aliphatic rings. The molecule has 114 valence electrons. The minimum Gasteiger partial charge on any atom is -0.311 e. The molecule has 1 aliphatic heterocycles. The standard InChI is InChI=1S/C14H14FN5O2/c1-8-2-3-10(5-11(8)15)20-6-9(4-12(20)21)13(22)18-14-16-7-17-19-14/h2-3,5,7,9H,4,6H2,1H3,(H2,16,17,18,19,22)/t9-/m1/s1. The van der Waals surface area contributed by atoms with Gasteiger partial charge in [0.15, 0.2) is 0 Å². The van der Waals surface area contributed by atoms with E-state index in [0.29, 0.717) is 11.3 Å². The number of carbonyl (C=O) groups is 2. The van der Waals surface area contributed by atoms with E-state index in [0.717, 1.165) is 0 Å². The van der Waals surface area contributed by atoms with Gasteiger partial charge in [-0.15, -0.1) is 0 Å². The van der Waals surface area contributed by atoms with Gasteiger partial charge in [0.05, 0.1) is 5.92 Å². The Bertz CT molecular complexity index is 716. The lowest BCUT2D eigenvalue weighted by atomic mass is 10.1. The number of carbonyl (C=O) groups excluding carboxylic acids is 2. The van der Waals surface area contributed by atoms with Crippen LogP contribution >= 0.6 is 0 Å². The Hall–Kier alpha value is -2.77. The Morgan fingerprint density at radius 2 is 2.32 bits per heavy atom. The molecular formula is C14H14FN5O2. The first-order chi connectivity index (χ1) is 10.5. The van der Waals surface area contributed by atoms with E-state index in [1.165, 1.54) is 17.3 Å². The largest absolute Gasteiger partial charge is 0.311 e. The smallest absolute Gasteiger partial charge is 0.232 e. The van der Waals surface area contributed by atoms with Crippen LogP contribution in [-0.4, -0.2) is 33.5 Å². The van der Waals surface area contributed by atoms with Crippen LogP contribution in [-0.2, 0) is 9.59 Å². The number of nitrogens with one attached hydrogen (secondary N) is 2. The van der Waals surface area contributed by atoms with E-state index < -0.39 is 5.92 Å². The van der Waals surface area contributed by atoms with Gasteiger partial charge < -0.3 is 4.90 Å². The molecule has 0 bridgehead atoms. The molecule has 2 heterocycles. The highest BCUT2D eigenvalue weighted by molar-refractivity contribution is 6.03. The molecule has 2 N–H and O–H groups in total. The molecule has 3 rings (SSSR count). The lowest BCUT2D eigenvalue weighted by molar-refractivity contribution is -0.122. The molecule has 1 aromatic heterocycles. The molecule has 0 unspecified atom stereocenters. The average molecular weight is 303 g/mol. The van der Waals surface area contributed by atoms with Crippen LogP contribution in [0, 0.1) is 18.7 Å². The van der Waals surface area contributed by atoms with Gasteiger partial charge in [-0.25, -0.2) is 9.49 Å². The van der Waals surface area contributed by atoms with Crippen LogP contribution in [0.2, 0.25) is 0 Å². The maximum absolute atomic E-state index is 13.6. The molecule has 7 nitrogen and oxygen atoms in total. The van der Waals surface area contributed by atoms with Gasteiger partial charge in [-0.05, 0) is 24.6 Å². The Balaban J connectivity index is 1.72. The number of hydrogen-bond donors (Lipinski definition) is 2. The first-order valence-corrected chi connectivity index (χ1v) is 6.77. The number of aromatic nitrogens is 3. The summed E-state index contributed by atoms with van der Waals surface area (Å²) in [7, 11) is 0. The van der Waals surface area contributed by atoms with Gasteiger partial charge in [0, 0.05) is 18.7 Å². The molecule has 1 saturated heterocycles. The summed E-state index contributed by atoms with van der Waals surface area (Å²) in [5, 5.41) is 8.70. The zero-order chi connectivity index (χ0) is 15.7. The number of H-pyrrole nitrogens is 1. The van der Waals surface area contributed by atoms with Crippen LogP contribution in [0.15, 0.2) is 24.5 Å². The number of halogens is 1. The Morgan fingerprint density at radius 1 is 1.50 bits per heavy atom. The van der Waals surface area contributed by atoms with Crippen molar-refractivity contribution >= 4 is 23.5 Å². The van der Waals surface area contributed by atoms with Crippen LogP contribution in [0.25, 0.3) is 0 Å². The number of anilines is 2. The summed E-state index contributed by atoms with van der Waals surface area (Å²) in [5.74, 6) is -1.18. The maximum Gasteiger partial charge on any atom is 0.232 e. The van der Waals surface area contributed by atoms with Crippen molar-refractivity contribution in [2.45, 2.75) is 13.3 Å². The highest BCUT2D eigenvalue weighted by Gasteiger charge is 2.35. The number of benzene rings is 1. The molecule has 0 saturated carbocycles.